The van der Waals surface area contributed by atoms with Crippen LogP contribution in [0.5, 0.6) is 0 Å². The molecule has 22 heteroatoms. The van der Waals surface area contributed by atoms with Crippen molar-refractivity contribution < 1.29 is 90.9 Å². The number of aliphatic hydroxyl groups excluding tert-OH is 2. The number of anilines is 1. The van der Waals surface area contributed by atoms with Gasteiger partial charge in [0.25, 0.3) is 7.82 Å². The molecular formula is C12H15N5NaO13P3. The van der Waals surface area contributed by atoms with Crippen LogP contribution in [0.25, 0.3) is 5.52 Å². The molecule has 7 N–H and O–H groups in total. The van der Waals surface area contributed by atoms with Crippen molar-refractivity contribution in [2.24, 2.45) is 0 Å². The summed E-state index contributed by atoms with van der Waals surface area (Å²) >= 11 is 0. The number of aliphatic hydroxyl groups is 2. The van der Waals surface area contributed by atoms with E-state index in [0.29, 0.717) is 0 Å². The Kier molecular flexibility index (Phi) is 8.90. The summed E-state index contributed by atoms with van der Waals surface area (Å²) < 4.78 is 51.7. The van der Waals surface area contributed by atoms with Gasteiger partial charge in [-0.1, -0.05) is 0 Å². The van der Waals surface area contributed by atoms with Crippen molar-refractivity contribution in [1.29, 1.82) is 5.26 Å². The van der Waals surface area contributed by atoms with Crippen LogP contribution >= 0.6 is 23.5 Å². The minimum atomic E-state index is -5.84. The molecule has 3 rings (SSSR count). The number of nitrogens with two attached hydrogens (primary N) is 1. The molecule has 182 valence electrons. The zero-order chi connectivity index (χ0) is 24.8. The van der Waals surface area contributed by atoms with Crippen LogP contribution in [0.4, 0.5) is 5.82 Å². The van der Waals surface area contributed by atoms with E-state index in [1.54, 1.807) is 6.07 Å². The standard InChI is InChI=1S/C12H16N5O13P3.Na/c13-4-12(8-2-1-6-11(14)15-5-16-17(6)8)10(19)9(18)7(28-12)3-27-32(23,24)30-33(25,26)29-31(20,21)22;/h1-2,5,7,9-10,18-19H,3H2,(H,23,24)(H,25,26)(H2,14,15,16)(H2,20,21,22);/q;+1/p-1/t7-,9-,10-,12+;/m1./s1. The maximum Gasteiger partial charge on any atom is 1.00 e. The molecule has 34 heavy (non-hydrogen) atoms. The van der Waals surface area contributed by atoms with Gasteiger partial charge in [-0.25, -0.2) is 22.9 Å². The van der Waals surface area contributed by atoms with E-state index in [0.717, 1.165) is 10.8 Å². The molecule has 18 nitrogen and oxygen atoms in total. The number of fused-ring (bicyclic) bond motifs is 1. The number of hydrogen-bond donors (Lipinski definition) is 6. The van der Waals surface area contributed by atoms with E-state index in [9.17, 15) is 39.0 Å². The SMILES string of the molecule is N#C[C@@]1(c2ccc3c(N)ncnn23)O[C@H](COP(=O)(O)OP(=O)(O)OP(=O)([O-])O)[C@@H](O)[C@H]1O.[Na+]. The van der Waals surface area contributed by atoms with Crippen LogP contribution in [0.1, 0.15) is 5.69 Å². The molecule has 3 unspecified atom stereocenters. The Labute approximate surface area is 211 Å². The van der Waals surface area contributed by atoms with Crippen molar-refractivity contribution in [3.05, 3.63) is 24.2 Å². The topological polar surface area (TPSA) is 292 Å². The Bertz CT molecular complexity index is 1250. The second kappa shape index (κ2) is 10.3. The van der Waals surface area contributed by atoms with E-state index >= 15 is 0 Å². The number of hydrogen-bond acceptors (Lipinski definition) is 14. The quantitative estimate of drug-likeness (QED) is 0.132. The van der Waals surface area contributed by atoms with Crippen molar-refractivity contribution in [3.8, 4) is 6.07 Å². The molecule has 0 amide bonds. The monoisotopic (exact) mass is 553 g/mol. The van der Waals surface area contributed by atoms with Crippen molar-refractivity contribution >= 4 is 34.8 Å². The second-order valence-electron chi connectivity index (χ2n) is 6.46. The summed E-state index contributed by atoms with van der Waals surface area (Å²) in [4.78, 5) is 41.3. The number of nitrogen functional groups attached to an aromatic ring is 1. The minimum absolute atomic E-state index is 0. The van der Waals surface area contributed by atoms with Crippen molar-refractivity contribution in [3.63, 3.8) is 0 Å². The molecular weight excluding hydrogens is 538 g/mol. The van der Waals surface area contributed by atoms with E-state index in [-0.39, 0.29) is 46.6 Å². The molecule has 0 saturated carbocycles. The molecule has 3 heterocycles. The third-order valence-electron chi connectivity index (χ3n) is 4.30. The number of ether oxygens (including phenoxy) is 1. The van der Waals surface area contributed by atoms with Gasteiger partial charge in [-0.3, -0.25) is 9.09 Å². The van der Waals surface area contributed by atoms with E-state index in [1.165, 1.54) is 12.1 Å². The van der Waals surface area contributed by atoms with Crippen molar-refractivity contribution in [2.75, 3.05) is 12.3 Å². The number of phosphoric ester groups is 1. The van der Waals surface area contributed by atoms with Gasteiger partial charge in [0.1, 0.15) is 36.2 Å². The first-order valence-corrected chi connectivity index (χ1v) is 12.9. The average Bonchev–Trinajstić information content (AvgIpc) is 3.20. The van der Waals surface area contributed by atoms with Gasteiger partial charge in [0.15, 0.2) is 5.82 Å². The van der Waals surface area contributed by atoms with Gasteiger partial charge in [0, 0.05) is 0 Å². The second-order valence-corrected chi connectivity index (χ2v) is 10.8. The van der Waals surface area contributed by atoms with Crippen LogP contribution in [-0.2, 0) is 37.2 Å². The van der Waals surface area contributed by atoms with E-state index < -0.39 is 54.0 Å². The summed E-state index contributed by atoms with van der Waals surface area (Å²) in [5, 5.41) is 34.5. The Hall–Kier alpha value is -0.800. The zero-order valence-electron chi connectivity index (χ0n) is 16.9. The third-order valence-corrected chi connectivity index (χ3v) is 8.08. The smallest absolute Gasteiger partial charge is 0.756 e. The van der Waals surface area contributed by atoms with Gasteiger partial charge in [-0.15, -0.1) is 0 Å². The normalized spacial score (nSPS) is 30.0. The maximum absolute atomic E-state index is 11.9. The van der Waals surface area contributed by atoms with E-state index in [2.05, 4.69) is 23.2 Å². The number of nitrogens with zero attached hydrogens (tertiary/aromatic N) is 4. The summed E-state index contributed by atoms with van der Waals surface area (Å²) in [5.74, 6) is 0.0248. The van der Waals surface area contributed by atoms with Gasteiger partial charge < -0.3 is 40.3 Å². The predicted molar refractivity (Wildman–Crippen MR) is 99.2 cm³/mol. The van der Waals surface area contributed by atoms with Gasteiger partial charge >= 0.3 is 45.2 Å². The number of rotatable bonds is 8. The minimum Gasteiger partial charge on any atom is -0.756 e. The van der Waals surface area contributed by atoms with Gasteiger partial charge in [0.2, 0.25) is 5.60 Å². The third kappa shape index (κ3) is 6.12. The first kappa shape index (κ1) is 29.4. The predicted octanol–water partition coefficient (Wildman–Crippen LogP) is -5.13. The summed E-state index contributed by atoms with van der Waals surface area (Å²) in [5.41, 5.74) is 3.59. The molecule has 1 saturated heterocycles. The Morgan fingerprint density at radius 2 is 1.88 bits per heavy atom. The van der Waals surface area contributed by atoms with E-state index in [1.807, 2.05) is 0 Å². The number of phosphoric acid groups is 3. The fourth-order valence-corrected chi connectivity index (χ4v) is 6.01. The summed E-state index contributed by atoms with van der Waals surface area (Å²) in [7, 11) is -17.2. The molecule has 0 spiro atoms. The van der Waals surface area contributed by atoms with Crippen LogP contribution < -0.4 is 40.2 Å². The number of aromatic nitrogens is 3. The number of nitriles is 1. The van der Waals surface area contributed by atoms with Crippen molar-refractivity contribution in [2.45, 2.75) is 23.9 Å². The van der Waals surface area contributed by atoms with Gasteiger partial charge in [-0.05, 0) is 12.1 Å². The summed E-state index contributed by atoms with van der Waals surface area (Å²) in [6.07, 6.45) is -4.48. The molecule has 2 aromatic rings. The van der Waals surface area contributed by atoms with Crippen LogP contribution in [-0.4, -0.2) is 64.4 Å². The van der Waals surface area contributed by atoms with Crippen LogP contribution in [0.15, 0.2) is 18.5 Å². The first-order chi connectivity index (χ1) is 15.1. The van der Waals surface area contributed by atoms with Crippen LogP contribution in [0.3, 0.4) is 0 Å². The summed E-state index contributed by atoms with van der Waals surface area (Å²) in [6, 6.07) is 4.40. The van der Waals surface area contributed by atoms with Gasteiger partial charge in [0.05, 0.1) is 12.3 Å². The molecule has 1 fully saturated rings. The van der Waals surface area contributed by atoms with Crippen LogP contribution in [0, 0.1) is 11.3 Å². The fourth-order valence-electron chi connectivity index (χ4n) is 3.02. The Morgan fingerprint density at radius 3 is 2.47 bits per heavy atom. The molecule has 0 bridgehead atoms. The molecule has 1 aliphatic rings. The fraction of sp³-hybridized carbons (Fsp3) is 0.417. The summed E-state index contributed by atoms with van der Waals surface area (Å²) in [6.45, 7) is -1.11. The maximum atomic E-state index is 11.9. The Morgan fingerprint density at radius 1 is 1.24 bits per heavy atom. The zero-order valence-corrected chi connectivity index (χ0v) is 21.6. The molecule has 0 aliphatic carbocycles. The molecule has 0 radical (unpaired) electrons. The van der Waals surface area contributed by atoms with Crippen molar-refractivity contribution in [1.82, 2.24) is 14.6 Å². The molecule has 7 atom stereocenters. The van der Waals surface area contributed by atoms with Gasteiger partial charge in [-0.2, -0.15) is 14.7 Å². The Balaban J connectivity index is 0.00000408. The van der Waals surface area contributed by atoms with E-state index in [4.69, 9.17) is 20.3 Å². The molecule has 0 aromatic carbocycles. The van der Waals surface area contributed by atoms with Crippen LogP contribution in [0.2, 0.25) is 0 Å². The largest absolute Gasteiger partial charge is 1.00 e. The molecule has 1 aliphatic heterocycles. The molecule has 2 aromatic heterocycles. The average molecular weight is 553 g/mol. The first-order valence-electron chi connectivity index (χ1n) is 8.41.